The second-order valence-electron chi connectivity index (χ2n) is 4.46. The minimum absolute atomic E-state index is 0.137. The molecule has 2 rings (SSSR count). The van der Waals surface area contributed by atoms with E-state index in [2.05, 4.69) is 6.58 Å². The van der Waals surface area contributed by atoms with Crippen LogP contribution in [0.5, 0.6) is 0 Å². The molecule has 0 aliphatic heterocycles. The lowest BCUT2D eigenvalue weighted by Crippen LogP contribution is -2.30. The Morgan fingerprint density at radius 3 is 2.59 bits per heavy atom. The normalized spacial score (nSPS) is 10.7. The first-order chi connectivity index (χ1) is 10.6. The number of benzene rings is 1. The number of hydrogen-bond acceptors (Lipinski definition) is 3. The van der Waals surface area contributed by atoms with Gasteiger partial charge in [0.05, 0.1) is 6.54 Å². The molecule has 1 aromatic heterocycles. The van der Waals surface area contributed by atoms with E-state index in [1.807, 2.05) is 17.5 Å². The van der Waals surface area contributed by atoms with Crippen LogP contribution >= 0.6 is 23.1 Å². The number of amides is 1. The first-order valence-corrected chi connectivity index (χ1v) is 8.33. The van der Waals surface area contributed by atoms with Gasteiger partial charge >= 0.3 is 0 Å². The molecular weight excluding hydrogens is 324 g/mol. The number of nitrogens with zero attached hydrogens (tertiary/aromatic N) is 1. The Kier molecular flexibility index (Phi) is 6.15. The van der Waals surface area contributed by atoms with Gasteiger partial charge in [0.25, 0.3) is 11.7 Å². The predicted octanol–water partition coefficient (Wildman–Crippen LogP) is 4.89. The number of thioether (sulfide) groups is 1. The van der Waals surface area contributed by atoms with Gasteiger partial charge in [-0.25, -0.2) is 0 Å². The molecule has 0 aliphatic carbocycles. The van der Waals surface area contributed by atoms with Crippen molar-refractivity contribution in [3.05, 3.63) is 64.9 Å². The number of rotatable bonds is 7. The maximum Gasteiger partial charge on any atom is 0.288 e. The zero-order valence-electron chi connectivity index (χ0n) is 11.7. The molecule has 2 nitrogen and oxygen atoms in total. The minimum Gasteiger partial charge on any atom is -0.330 e. The van der Waals surface area contributed by atoms with Crippen molar-refractivity contribution in [2.75, 3.05) is 6.54 Å². The molecule has 1 amide bonds. The van der Waals surface area contributed by atoms with Crippen molar-refractivity contribution in [1.29, 1.82) is 0 Å². The van der Waals surface area contributed by atoms with Crippen molar-refractivity contribution in [3.63, 3.8) is 0 Å². The lowest BCUT2D eigenvalue weighted by atomic mass is 10.2. The second kappa shape index (κ2) is 8.10. The maximum absolute atomic E-state index is 12.5. The Hall–Kier alpha value is -1.66. The molecule has 1 aromatic carbocycles. The van der Waals surface area contributed by atoms with Crippen LogP contribution in [0.15, 0.2) is 59.3 Å². The minimum atomic E-state index is -2.46. The third-order valence-electron chi connectivity index (χ3n) is 2.89. The largest absolute Gasteiger partial charge is 0.330 e. The third kappa shape index (κ3) is 4.68. The van der Waals surface area contributed by atoms with E-state index in [9.17, 15) is 13.6 Å². The first kappa shape index (κ1) is 16.7. The lowest BCUT2D eigenvalue weighted by Gasteiger charge is -2.20. The van der Waals surface area contributed by atoms with Crippen LogP contribution in [0.25, 0.3) is 0 Å². The summed E-state index contributed by atoms with van der Waals surface area (Å²) >= 11 is 2.05. The van der Waals surface area contributed by atoms with Crippen molar-refractivity contribution in [3.8, 4) is 0 Å². The summed E-state index contributed by atoms with van der Waals surface area (Å²) < 4.78 is 24.6. The highest BCUT2D eigenvalue weighted by Gasteiger charge is 2.16. The first-order valence-electron chi connectivity index (χ1n) is 6.57. The number of thiophene rings is 1. The molecule has 6 heteroatoms. The van der Waals surface area contributed by atoms with Gasteiger partial charge < -0.3 is 4.90 Å². The second-order valence-corrected chi connectivity index (χ2v) is 6.55. The van der Waals surface area contributed by atoms with Crippen LogP contribution in [0.3, 0.4) is 0 Å². The van der Waals surface area contributed by atoms with Gasteiger partial charge in [-0.1, -0.05) is 23.9 Å². The number of carbonyl (C=O) groups is 1. The van der Waals surface area contributed by atoms with Gasteiger partial charge in [-0.15, -0.1) is 17.9 Å². The van der Waals surface area contributed by atoms with Crippen LogP contribution < -0.4 is 0 Å². The molecule has 116 valence electrons. The van der Waals surface area contributed by atoms with E-state index in [4.69, 9.17) is 0 Å². The van der Waals surface area contributed by atoms with Crippen LogP contribution in [0.4, 0.5) is 8.78 Å². The molecule has 0 saturated heterocycles. The smallest absolute Gasteiger partial charge is 0.288 e. The van der Waals surface area contributed by atoms with Gasteiger partial charge in [0, 0.05) is 21.9 Å². The average Bonchev–Trinajstić information content (AvgIpc) is 2.99. The van der Waals surface area contributed by atoms with E-state index in [1.54, 1.807) is 46.6 Å². The lowest BCUT2D eigenvalue weighted by molar-refractivity contribution is 0.0764. The molecule has 0 N–H and O–H groups in total. The summed E-state index contributed by atoms with van der Waals surface area (Å²) in [5.41, 5.74) is 0.483. The third-order valence-corrected chi connectivity index (χ3v) is 4.47. The molecule has 0 spiro atoms. The predicted molar refractivity (Wildman–Crippen MR) is 87.6 cm³/mol. The van der Waals surface area contributed by atoms with E-state index in [-0.39, 0.29) is 5.91 Å². The van der Waals surface area contributed by atoms with Crippen LogP contribution in [-0.4, -0.2) is 23.1 Å². The summed E-state index contributed by atoms with van der Waals surface area (Å²) in [5, 5.41) is 1.96. The quantitative estimate of drug-likeness (QED) is 0.529. The molecule has 22 heavy (non-hydrogen) atoms. The monoisotopic (exact) mass is 339 g/mol. The zero-order chi connectivity index (χ0) is 15.9. The standard InChI is InChI=1S/C16H15F2NOS2/c1-2-9-19(11-14-4-3-10-21-14)15(20)12-5-7-13(8-6-12)22-16(17)18/h2-8,10,16H,1,9,11H2. The van der Waals surface area contributed by atoms with Crippen molar-refractivity contribution < 1.29 is 13.6 Å². The molecule has 0 unspecified atom stereocenters. The SMILES string of the molecule is C=CCN(Cc1cccs1)C(=O)c1ccc(SC(F)F)cc1. The number of halogens is 2. The number of alkyl halides is 2. The number of hydrogen-bond donors (Lipinski definition) is 0. The molecule has 0 atom stereocenters. The zero-order valence-corrected chi connectivity index (χ0v) is 13.4. The maximum atomic E-state index is 12.5. The van der Waals surface area contributed by atoms with Crippen molar-refractivity contribution in [2.24, 2.45) is 0 Å². The van der Waals surface area contributed by atoms with Gasteiger partial charge in [0.2, 0.25) is 0 Å². The summed E-state index contributed by atoms with van der Waals surface area (Å²) in [7, 11) is 0. The Morgan fingerprint density at radius 2 is 2.05 bits per heavy atom. The van der Waals surface area contributed by atoms with E-state index in [0.717, 1.165) is 4.88 Å². The van der Waals surface area contributed by atoms with Gasteiger partial charge in [0.1, 0.15) is 0 Å². The highest BCUT2D eigenvalue weighted by atomic mass is 32.2. The van der Waals surface area contributed by atoms with E-state index >= 15 is 0 Å². The van der Waals surface area contributed by atoms with Crippen LogP contribution in [0, 0.1) is 0 Å². The van der Waals surface area contributed by atoms with Crippen molar-refractivity contribution in [2.45, 2.75) is 17.2 Å². The van der Waals surface area contributed by atoms with Crippen LogP contribution in [-0.2, 0) is 6.54 Å². The van der Waals surface area contributed by atoms with Gasteiger partial charge in [-0.05, 0) is 35.7 Å². The molecule has 0 aliphatic rings. The average molecular weight is 339 g/mol. The number of carbonyl (C=O) groups excluding carboxylic acids is 1. The Balaban J connectivity index is 2.10. The Bertz CT molecular complexity index is 612. The highest BCUT2D eigenvalue weighted by molar-refractivity contribution is 7.99. The molecule has 0 fully saturated rings. The van der Waals surface area contributed by atoms with Gasteiger partial charge in [-0.3, -0.25) is 4.79 Å². The fourth-order valence-electron chi connectivity index (χ4n) is 1.93. The van der Waals surface area contributed by atoms with Crippen molar-refractivity contribution >= 4 is 29.0 Å². The molecule has 0 radical (unpaired) electrons. The Labute approximate surface area is 136 Å². The topological polar surface area (TPSA) is 20.3 Å². The summed E-state index contributed by atoms with van der Waals surface area (Å²) in [5.74, 6) is -2.60. The fourth-order valence-corrected chi connectivity index (χ4v) is 3.15. The van der Waals surface area contributed by atoms with Crippen molar-refractivity contribution in [1.82, 2.24) is 4.90 Å². The van der Waals surface area contributed by atoms with E-state index in [1.165, 1.54) is 0 Å². The summed E-state index contributed by atoms with van der Waals surface area (Å²) in [6.07, 6.45) is 1.67. The molecule has 0 saturated carbocycles. The van der Waals surface area contributed by atoms with Gasteiger partial charge in [0.15, 0.2) is 0 Å². The van der Waals surface area contributed by atoms with Crippen LogP contribution in [0.2, 0.25) is 0 Å². The fraction of sp³-hybridized carbons (Fsp3) is 0.188. The molecule has 2 aromatic rings. The summed E-state index contributed by atoms with van der Waals surface area (Å²) in [6, 6.07) is 10.2. The summed E-state index contributed by atoms with van der Waals surface area (Å²) in [4.78, 5) is 15.7. The molecule has 1 heterocycles. The van der Waals surface area contributed by atoms with E-state index in [0.29, 0.717) is 35.3 Å². The Morgan fingerprint density at radius 1 is 1.32 bits per heavy atom. The van der Waals surface area contributed by atoms with E-state index < -0.39 is 5.76 Å². The highest BCUT2D eigenvalue weighted by Crippen LogP contribution is 2.25. The molecule has 0 bridgehead atoms. The van der Waals surface area contributed by atoms with Gasteiger partial charge in [-0.2, -0.15) is 8.78 Å². The summed E-state index contributed by atoms with van der Waals surface area (Å²) in [6.45, 7) is 4.62. The van der Waals surface area contributed by atoms with Crippen LogP contribution in [0.1, 0.15) is 15.2 Å². The molecular formula is C16H15F2NOS2.